The highest BCUT2D eigenvalue weighted by Crippen LogP contribution is 2.37. The first-order chi connectivity index (χ1) is 16.5. The molecule has 4 aromatic carbocycles. The van der Waals surface area contributed by atoms with Crippen LogP contribution in [0.25, 0.3) is 22.0 Å². The largest absolute Gasteiger partial charge is 0.341 e. The molecule has 1 N–H and O–H groups in total. The summed E-state index contributed by atoms with van der Waals surface area (Å²) in [5.74, 6) is 0.561. The lowest BCUT2D eigenvalue weighted by atomic mass is 10.0. The average molecular weight is 465 g/mol. The van der Waals surface area contributed by atoms with Gasteiger partial charge in [0, 0.05) is 10.9 Å². The maximum Gasteiger partial charge on any atom is 0.265 e. The van der Waals surface area contributed by atoms with E-state index in [1.165, 1.54) is 26.6 Å². The van der Waals surface area contributed by atoms with Gasteiger partial charge in [0.2, 0.25) is 0 Å². The number of aromatic nitrogens is 1. The molecule has 0 amide bonds. The van der Waals surface area contributed by atoms with Gasteiger partial charge < -0.3 is 4.98 Å². The highest BCUT2D eigenvalue weighted by atomic mass is 32.2. The summed E-state index contributed by atoms with van der Waals surface area (Å²) < 4.78 is 29.2. The molecule has 0 fully saturated rings. The van der Waals surface area contributed by atoms with Gasteiger partial charge in [-0.3, -0.25) is 0 Å². The number of para-hydroxylation sites is 1. The van der Waals surface area contributed by atoms with Crippen LogP contribution in [-0.2, 0) is 23.0 Å². The summed E-state index contributed by atoms with van der Waals surface area (Å²) in [6.45, 7) is 2.20. The van der Waals surface area contributed by atoms with E-state index in [2.05, 4.69) is 41.4 Å². The zero-order valence-corrected chi connectivity index (χ0v) is 19.6. The van der Waals surface area contributed by atoms with Crippen molar-refractivity contribution in [1.29, 1.82) is 0 Å². The number of nitrogens with one attached hydrogen (secondary N) is 1. The molecule has 6 rings (SSSR count). The molecule has 0 aliphatic heterocycles. The smallest absolute Gasteiger partial charge is 0.265 e. The fourth-order valence-electron chi connectivity index (χ4n) is 4.79. The second-order valence-corrected chi connectivity index (χ2v) is 10.8. The minimum atomic E-state index is -3.78. The molecule has 5 heteroatoms. The van der Waals surface area contributed by atoms with E-state index in [1.807, 2.05) is 55.5 Å². The SMILES string of the molecule is Cc1ccc(S(=O)(=O)N(Cc2ccc3c(c2)Cc2ccccc2-3)c2cc3ccccc3[nH]2)cc1. The van der Waals surface area contributed by atoms with E-state index in [9.17, 15) is 8.42 Å². The van der Waals surface area contributed by atoms with Gasteiger partial charge in [-0.2, -0.15) is 0 Å². The third-order valence-electron chi connectivity index (χ3n) is 6.58. The van der Waals surface area contributed by atoms with Gasteiger partial charge in [-0.1, -0.05) is 78.4 Å². The van der Waals surface area contributed by atoms with Gasteiger partial charge in [-0.05, 0) is 65.4 Å². The fraction of sp³-hybridized carbons (Fsp3) is 0.103. The minimum Gasteiger partial charge on any atom is -0.341 e. The molecule has 1 heterocycles. The molecule has 5 aromatic rings. The van der Waals surface area contributed by atoms with Gasteiger partial charge in [0.05, 0.1) is 11.4 Å². The Bertz CT molecular complexity index is 1600. The van der Waals surface area contributed by atoms with Crippen LogP contribution in [0.15, 0.2) is 102 Å². The Morgan fingerprint density at radius 3 is 2.35 bits per heavy atom. The molecule has 0 spiro atoms. The number of anilines is 1. The number of rotatable bonds is 5. The van der Waals surface area contributed by atoms with Crippen LogP contribution in [0.5, 0.6) is 0 Å². The molecule has 34 heavy (non-hydrogen) atoms. The first-order valence-corrected chi connectivity index (χ1v) is 12.8. The number of aryl methyl sites for hydroxylation is 1. The summed E-state index contributed by atoms with van der Waals surface area (Å²) in [6, 6.07) is 31.5. The number of aromatic amines is 1. The van der Waals surface area contributed by atoms with Gasteiger partial charge >= 0.3 is 0 Å². The van der Waals surface area contributed by atoms with Gasteiger partial charge in [-0.15, -0.1) is 0 Å². The third kappa shape index (κ3) is 3.49. The summed E-state index contributed by atoms with van der Waals surface area (Å²) in [5.41, 5.74) is 7.94. The predicted octanol–water partition coefficient (Wildman–Crippen LogP) is 6.44. The standard InChI is InChI=1S/C29H24N2O2S/c1-20-10-13-25(14-11-20)34(32,33)31(29-18-23-7-3-5-9-28(23)30-29)19-21-12-15-27-24(16-21)17-22-6-2-4-8-26(22)27/h2-16,18,30H,17,19H2,1H3. The summed E-state index contributed by atoms with van der Waals surface area (Å²) >= 11 is 0. The Morgan fingerprint density at radius 1 is 0.794 bits per heavy atom. The van der Waals surface area contributed by atoms with Crippen LogP contribution in [0, 0.1) is 6.92 Å². The van der Waals surface area contributed by atoms with Gasteiger partial charge in [-0.25, -0.2) is 12.7 Å². The summed E-state index contributed by atoms with van der Waals surface area (Å²) in [5, 5.41) is 0.978. The fourth-order valence-corrected chi connectivity index (χ4v) is 6.20. The first kappa shape index (κ1) is 20.8. The molecule has 0 saturated heterocycles. The van der Waals surface area contributed by atoms with Crippen molar-refractivity contribution in [1.82, 2.24) is 4.98 Å². The molecule has 4 nitrogen and oxygen atoms in total. The monoisotopic (exact) mass is 464 g/mol. The van der Waals surface area contributed by atoms with Crippen molar-refractivity contribution < 1.29 is 8.42 Å². The van der Waals surface area contributed by atoms with E-state index in [4.69, 9.17) is 0 Å². The van der Waals surface area contributed by atoms with E-state index < -0.39 is 10.0 Å². The van der Waals surface area contributed by atoms with Gasteiger partial charge in [0.1, 0.15) is 5.82 Å². The molecule has 0 saturated carbocycles. The maximum atomic E-state index is 13.8. The number of fused-ring (bicyclic) bond motifs is 4. The van der Waals surface area contributed by atoms with Crippen LogP contribution in [0.3, 0.4) is 0 Å². The van der Waals surface area contributed by atoms with Crippen molar-refractivity contribution in [2.75, 3.05) is 4.31 Å². The Hall–Kier alpha value is -3.83. The Kier molecular flexibility index (Phi) is 4.82. The quantitative estimate of drug-likeness (QED) is 0.319. The molecule has 0 radical (unpaired) electrons. The second-order valence-electron chi connectivity index (χ2n) is 8.89. The molecule has 1 aromatic heterocycles. The van der Waals surface area contributed by atoms with Crippen LogP contribution >= 0.6 is 0 Å². The first-order valence-electron chi connectivity index (χ1n) is 11.4. The zero-order valence-electron chi connectivity index (χ0n) is 18.8. The normalized spacial score (nSPS) is 12.5. The molecule has 0 atom stereocenters. The maximum absolute atomic E-state index is 13.8. The van der Waals surface area contributed by atoms with E-state index >= 15 is 0 Å². The van der Waals surface area contributed by atoms with Crippen LogP contribution in [-0.4, -0.2) is 13.4 Å². The third-order valence-corrected chi connectivity index (χ3v) is 8.35. The highest BCUT2D eigenvalue weighted by molar-refractivity contribution is 7.92. The van der Waals surface area contributed by atoms with Crippen molar-refractivity contribution in [3.8, 4) is 11.1 Å². The van der Waals surface area contributed by atoms with Crippen LogP contribution < -0.4 is 4.31 Å². The molecule has 168 valence electrons. The number of benzene rings is 4. The number of nitrogens with zero attached hydrogens (tertiary/aromatic N) is 1. The number of sulfonamides is 1. The molecular weight excluding hydrogens is 440 g/mol. The summed E-state index contributed by atoms with van der Waals surface area (Å²) in [6.07, 6.45) is 0.871. The van der Waals surface area contributed by atoms with E-state index in [1.54, 1.807) is 12.1 Å². The van der Waals surface area contributed by atoms with E-state index in [-0.39, 0.29) is 11.4 Å². The van der Waals surface area contributed by atoms with Crippen LogP contribution in [0.2, 0.25) is 0 Å². The van der Waals surface area contributed by atoms with Crippen molar-refractivity contribution >= 4 is 26.7 Å². The van der Waals surface area contributed by atoms with Gasteiger partial charge in [0.25, 0.3) is 10.0 Å². The average Bonchev–Trinajstić information content (AvgIpc) is 3.43. The van der Waals surface area contributed by atoms with Crippen LogP contribution in [0.1, 0.15) is 22.3 Å². The Labute approximate surface area is 199 Å². The molecule has 0 bridgehead atoms. The lowest BCUT2D eigenvalue weighted by Gasteiger charge is -2.23. The second kappa shape index (κ2) is 7.89. The zero-order chi connectivity index (χ0) is 23.3. The van der Waals surface area contributed by atoms with Crippen molar-refractivity contribution in [2.45, 2.75) is 24.8 Å². The number of hydrogen-bond donors (Lipinski definition) is 1. The minimum absolute atomic E-state index is 0.243. The molecule has 0 unspecified atom stereocenters. The Morgan fingerprint density at radius 2 is 1.53 bits per heavy atom. The predicted molar refractivity (Wildman–Crippen MR) is 138 cm³/mol. The van der Waals surface area contributed by atoms with Gasteiger partial charge in [0.15, 0.2) is 0 Å². The van der Waals surface area contributed by atoms with Crippen molar-refractivity contribution in [3.05, 3.63) is 119 Å². The number of H-pyrrole nitrogens is 1. The lowest BCUT2D eigenvalue weighted by Crippen LogP contribution is -2.31. The van der Waals surface area contributed by atoms with E-state index in [0.717, 1.165) is 28.5 Å². The van der Waals surface area contributed by atoms with Crippen molar-refractivity contribution in [2.24, 2.45) is 0 Å². The molecular formula is C29H24N2O2S. The topological polar surface area (TPSA) is 53.2 Å². The molecule has 1 aliphatic carbocycles. The lowest BCUT2D eigenvalue weighted by molar-refractivity contribution is 0.590. The van der Waals surface area contributed by atoms with Crippen LogP contribution in [0.4, 0.5) is 5.82 Å². The summed E-state index contributed by atoms with van der Waals surface area (Å²) in [7, 11) is -3.78. The highest BCUT2D eigenvalue weighted by Gasteiger charge is 2.27. The van der Waals surface area contributed by atoms with E-state index in [0.29, 0.717) is 5.82 Å². The van der Waals surface area contributed by atoms with Crippen molar-refractivity contribution in [3.63, 3.8) is 0 Å². The Balaban J connectivity index is 1.43. The molecule has 1 aliphatic rings. The number of hydrogen-bond acceptors (Lipinski definition) is 2. The summed E-state index contributed by atoms with van der Waals surface area (Å²) in [4.78, 5) is 3.60.